The van der Waals surface area contributed by atoms with Gasteiger partial charge in [0.2, 0.25) is 11.9 Å². The van der Waals surface area contributed by atoms with E-state index in [4.69, 9.17) is 10.5 Å². The molecule has 4 N–H and O–H groups in total. The number of rotatable bonds is 8. The summed E-state index contributed by atoms with van der Waals surface area (Å²) >= 11 is 0. The molecule has 0 saturated heterocycles. The van der Waals surface area contributed by atoms with E-state index in [1.165, 1.54) is 7.11 Å². The molecule has 1 aliphatic rings. The molecule has 0 radical (unpaired) electrons. The number of hydrogen-bond donors (Lipinski definition) is 3. The van der Waals surface area contributed by atoms with Gasteiger partial charge in [-0.25, -0.2) is 4.98 Å². The van der Waals surface area contributed by atoms with Crippen LogP contribution in [0.1, 0.15) is 30.6 Å². The Morgan fingerprint density at radius 3 is 2.74 bits per heavy atom. The summed E-state index contributed by atoms with van der Waals surface area (Å²) in [7, 11) is 3.26. The number of nitrogens with one attached hydrogen (secondary N) is 2. The number of carbonyl (C=O) groups excluding carboxylic acids is 2. The number of aromatic nitrogens is 2. The molecule has 10 heteroatoms. The Bertz CT molecular complexity index is 966. The molecule has 0 spiro atoms. The van der Waals surface area contributed by atoms with Crippen LogP contribution < -0.4 is 30.9 Å². The average Bonchev–Trinajstić information content (AvgIpc) is 2.78. The Kier molecular flexibility index (Phi) is 6.91. The Labute approximate surface area is 181 Å². The van der Waals surface area contributed by atoms with Crippen molar-refractivity contribution in [3.8, 4) is 5.75 Å². The second-order valence-electron chi connectivity index (χ2n) is 7.11. The van der Waals surface area contributed by atoms with E-state index in [1.54, 1.807) is 36.3 Å². The smallest absolute Gasteiger partial charge is 0.251 e. The summed E-state index contributed by atoms with van der Waals surface area (Å²) in [5.74, 6) is 1.31. The highest BCUT2D eigenvalue weighted by Crippen LogP contribution is 2.35. The van der Waals surface area contributed by atoms with Crippen molar-refractivity contribution in [1.82, 2.24) is 15.3 Å². The van der Waals surface area contributed by atoms with Crippen LogP contribution in [-0.2, 0) is 4.79 Å². The van der Waals surface area contributed by atoms with Gasteiger partial charge in [0.05, 0.1) is 19.0 Å². The van der Waals surface area contributed by atoms with Gasteiger partial charge in [0, 0.05) is 32.2 Å². The number of benzene rings is 1. The predicted octanol–water partition coefficient (Wildman–Crippen LogP) is 1.50. The Hall–Kier alpha value is -3.40. The Balaban J connectivity index is 1.95. The molecule has 2 heterocycles. The van der Waals surface area contributed by atoms with E-state index >= 15 is 0 Å². The molecule has 2 aromatic rings. The number of anilines is 4. The molecule has 0 saturated carbocycles. The quantitative estimate of drug-likeness (QED) is 0.579. The molecule has 2 amide bonds. The summed E-state index contributed by atoms with van der Waals surface area (Å²) in [6.45, 7) is 5.27. The van der Waals surface area contributed by atoms with Gasteiger partial charge in [-0.15, -0.1) is 0 Å². The second-order valence-corrected chi connectivity index (χ2v) is 7.11. The highest BCUT2D eigenvalue weighted by molar-refractivity contribution is 6.04. The van der Waals surface area contributed by atoms with Gasteiger partial charge in [0.15, 0.2) is 5.82 Å². The summed E-state index contributed by atoms with van der Waals surface area (Å²) < 4.78 is 5.45. The highest BCUT2D eigenvalue weighted by Gasteiger charge is 2.36. The number of amides is 2. The Morgan fingerprint density at radius 1 is 1.32 bits per heavy atom. The van der Waals surface area contributed by atoms with Gasteiger partial charge >= 0.3 is 0 Å². The van der Waals surface area contributed by atoms with E-state index in [-0.39, 0.29) is 17.9 Å². The first kappa shape index (κ1) is 22.3. The number of fused-ring (bicyclic) bond motifs is 1. The van der Waals surface area contributed by atoms with Crippen LogP contribution in [0.2, 0.25) is 0 Å². The lowest BCUT2D eigenvalue weighted by molar-refractivity contribution is -0.120. The second kappa shape index (κ2) is 9.61. The van der Waals surface area contributed by atoms with E-state index in [9.17, 15) is 9.59 Å². The fraction of sp³-hybridized carbons (Fsp3) is 0.429. The van der Waals surface area contributed by atoms with Gasteiger partial charge in [-0.2, -0.15) is 4.98 Å². The summed E-state index contributed by atoms with van der Waals surface area (Å²) in [5, 5.41) is 5.92. The lowest BCUT2D eigenvalue weighted by Crippen LogP contribution is -2.53. The third kappa shape index (κ3) is 4.38. The third-order valence-corrected chi connectivity index (χ3v) is 5.18. The van der Waals surface area contributed by atoms with Crippen LogP contribution in [0.25, 0.3) is 0 Å². The first-order chi connectivity index (χ1) is 14.9. The summed E-state index contributed by atoms with van der Waals surface area (Å²) in [6, 6.07) is 4.78. The van der Waals surface area contributed by atoms with Crippen LogP contribution in [0, 0.1) is 0 Å². The van der Waals surface area contributed by atoms with Crippen molar-refractivity contribution in [1.29, 1.82) is 0 Å². The normalized spacial score (nSPS) is 15.5. The molecule has 1 atom stereocenters. The number of hydrogen-bond acceptors (Lipinski definition) is 8. The van der Waals surface area contributed by atoms with Crippen molar-refractivity contribution in [3.63, 3.8) is 0 Å². The minimum Gasteiger partial charge on any atom is -0.495 e. The zero-order chi connectivity index (χ0) is 22.5. The van der Waals surface area contributed by atoms with Crippen LogP contribution >= 0.6 is 0 Å². The number of methoxy groups -OCH3 is 1. The minimum absolute atomic E-state index is 0.00428. The predicted molar refractivity (Wildman–Crippen MR) is 120 cm³/mol. The molecular weight excluding hydrogens is 398 g/mol. The summed E-state index contributed by atoms with van der Waals surface area (Å²) in [4.78, 5) is 37.4. The van der Waals surface area contributed by atoms with Crippen molar-refractivity contribution in [3.05, 3.63) is 30.0 Å². The molecule has 1 aromatic heterocycles. The van der Waals surface area contributed by atoms with E-state index in [1.807, 2.05) is 18.7 Å². The zero-order valence-electron chi connectivity index (χ0n) is 18.3. The summed E-state index contributed by atoms with van der Waals surface area (Å²) in [6.07, 6.45) is 2.26. The van der Waals surface area contributed by atoms with E-state index in [0.717, 1.165) is 0 Å². The SMILES string of the molecule is CCNC(=O)c1ccc(Nc2ncc3c(n2)N(CCN)C(CC)C(=O)N3C)c(OC)c1. The molecule has 166 valence electrons. The lowest BCUT2D eigenvalue weighted by Gasteiger charge is -2.40. The highest BCUT2D eigenvalue weighted by atomic mass is 16.5. The fourth-order valence-corrected chi connectivity index (χ4v) is 3.61. The maximum absolute atomic E-state index is 12.7. The lowest BCUT2D eigenvalue weighted by atomic mass is 10.1. The molecule has 1 aromatic carbocycles. The molecule has 0 bridgehead atoms. The van der Waals surface area contributed by atoms with Crippen LogP contribution in [0.3, 0.4) is 0 Å². The van der Waals surface area contributed by atoms with Crippen molar-refractivity contribution in [2.24, 2.45) is 5.73 Å². The maximum Gasteiger partial charge on any atom is 0.251 e. The largest absolute Gasteiger partial charge is 0.495 e. The maximum atomic E-state index is 12.7. The van der Waals surface area contributed by atoms with Crippen LogP contribution in [0.15, 0.2) is 24.4 Å². The molecule has 1 aliphatic heterocycles. The van der Waals surface area contributed by atoms with Crippen LogP contribution in [0.5, 0.6) is 5.75 Å². The monoisotopic (exact) mass is 427 g/mol. The van der Waals surface area contributed by atoms with Crippen LogP contribution in [0.4, 0.5) is 23.1 Å². The van der Waals surface area contributed by atoms with Crippen molar-refractivity contribution in [2.75, 3.05) is 48.9 Å². The van der Waals surface area contributed by atoms with E-state index in [0.29, 0.717) is 60.5 Å². The molecule has 3 rings (SSSR count). The minimum atomic E-state index is -0.324. The van der Waals surface area contributed by atoms with E-state index < -0.39 is 0 Å². The molecule has 10 nitrogen and oxygen atoms in total. The van der Waals surface area contributed by atoms with Gasteiger partial charge in [-0.3, -0.25) is 9.59 Å². The van der Waals surface area contributed by atoms with Gasteiger partial charge in [0.25, 0.3) is 5.91 Å². The first-order valence-corrected chi connectivity index (χ1v) is 10.3. The van der Waals surface area contributed by atoms with Crippen LogP contribution in [-0.4, -0.2) is 61.6 Å². The number of ether oxygens (including phenoxy) is 1. The standard InChI is InChI=1S/C21H29N7O3/c1-5-15-20(30)27(3)16-12-24-21(26-18(16)28(15)10-9-22)25-14-8-7-13(11-17(14)31-4)19(29)23-6-2/h7-8,11-12,15H,5-6,9-10,22H2,1-4H3,(H,23,29)(H,24,25,26). The van der Waals surface area contributed by atoms with Crippen molar-refractivity contribution < 1.29 is 14.3 Å². The molecule has 0 fully saturated rings. The van der Waals surface area contributed by atoms with Crippen molar-refractivity contribution >= 4 is 35.0 Å². The number of nitrogens with zero attached hydrogens (tertiary/aromatic N) is 4. The topological polar surface area (TPSA) is 126 Å². The Morgan fingerprint density at radius 2 is 2.10 bits per heavy atom. The zero-order valence-corrected chi connectivity index (χ0v) is 18.3. The third-order valence-electron chi connectivity index (χ3n) is 5.18. The van der Waals surface area contributed by atoms with Gasteiger partial charge in [0.1, 0.15) is 17.5 Å². The number of likely N-dealkylation sites (N-methyl/N-ethyl adjacent to an activating group) is 1. The first-order valence-electron chi connectivity index (χ1n) is 10.3. The number of nitrogens with two attached hydrogens (primary N) is 1. The molecular formula is C21H29N7O3. The number of carbonyl (C=O) groups is 2. The van der Waals surface area contributed by atoms with Gasteiger partial charge < -0.3 is 30.9 Å². The van der Waals surface area contributed by atoms with Crippen molar-refractivity contribution in [2.45, 2.75) is 26.3 Å². The fourth-order valence-electron chi connectivity index (χ4n) is 3.61. The molecule has 0 aliphatic carbocycles. The molecule has 1 unspecified atom stereocenters. The average molecular weight is 428 g/mol. The summed E-state index contributed by atoms with van der Waals surface area (Å²) in [5.41, 5.74) is 7.54. The van der Waals surface area contributed by atoms with E-state index in [2.05, 4.69) is 20.6 Å². The molecule has 31 heavy (non-hydrogen) atoms. The van der Waals surface area contributed by atoms with Gasteiger partial charge in [-0.05, 0) is 31.5 Å². The van der Waals surface area contributed by atoms with Gasteiger partial charge in [-0.1, -0.05) is 6.92 Å².